The zero-order valence-corrected chi connectivity index (χ0v) is 29.3. The number of hydrogen-bond donors (Lipinski definition) is 1. The number of likely N-dealkylation sites (tertiary alicyclic amines) is 1. The molecule has 1 fully saturated rings. The number of nitrogens with zero attached hydrogens (tertiary/aromatic N) is 4. The summed E-state index contributed by atoms with van der Waals surface area (Å²) < 4.78 is 2.41. The first-order valence-electron chi connectivity index (χ1n) is 18.4. The lowest BCUT2D eigenvalue weighted by molar-refractivity contribution is 0.326. The van der Waals surface area contributed by atoms with Crippen LogP contribution in [0.5, 0.6) is 0 Å². The first kappa shape index (κ1) is 33.0. The topological polar surface area (TPSA) is 66.3 Å². The highest BCUT2D eigenvalue weighted by Gasteiger charge is 2.20. The number of aliphatic imine (C=N–C) groups is 1. The van der Waals surface area contributed by atoms with Gasteiger partial charge in [0.1, 0.15) is 5.69 Å². The quantitative estimate of drug-likeness (QED) is 0.0999. The van der Waals surface area contributed by atoms with Crippen molar-refractivity contribution in [3.8, 4) is 0 Å². The second-order valence-electron chi connectivity index (χ2n) is 13.8. The largest absolute Gasteiger partial charge is 0.341 e. The van der Waals surface area contributed by atoms with Crippen LogP contribution < -0.4 is 5.56 Å². The molecule has 0 amide bonds. The average molecular weight is 652 g/mol. The van der Waals surface area contributed by atoms with E-state index in [0.29, 0.717) is 18.0 Å². The molecule has 1 N–H and O–H groups in total. The number of H-pyrrole nitrogens is 1. The Morgan fingerprint density at radius 2 is 1.65 bits per heavy atom. The van der Waals surface area contributed by atoms with Crippen LogP contribution >= 0.6 is 0 Å². The van der Waals surface area contributed by atoms with Crippen molar-refractivity contribution in [1.29, 1.82) is 0 Å². The van der Waals surface area contributed by atoms with Crippen molar-refractivity contribution in [2.75, 3.05) is 19.6 Å². The van der Waals surface area contributed by atoms with Gasteiger partial charge in [-0.05, 0) is 113 Å². The molecule has 3 heterocycles. The van der Waals surface area contributed by atoms with E-state index in [2.05, 4.69) is 83.8 Å². The van der Waals surface area contributed by atoms with E-state index in [4.69, 9.17) is 9.98 Å². The van der Waals surface area contributed by atoms with Crippen molar-refractivity contribution in [3.05, 3.63) is 118 Å². The van der Waals surface area contributed by atoms with E-state index in [0.717, 1.165) is 52.9 Å². The highest BCUT2D eigenvalue weighted by molar-refractivity contribution is 6.12. The van der Waals surface area contributed by atoms with E-state index in [1.54, 1.807) is 0 Å². The average Bonchev–Trinajstić information content (AvgIpc) is 3.76. The maximum atomic E-state index is 13.2. The van der Waals surface area contributed by atoms with E-state index in [1.165, 1.54) is 79.1 Å². The lowest BCUT2D eigenvalue weighted by atomic mass is 9.88. The first-order chi connectivity index (χ1) is 24.0. The molecule has 0 aliphatic carbocycles. The molecule has 0 radical (unpaired) electrons. The van der Waals surface area contributed by atoms with E-state index in [-0.39, 0.29) is 5.56 Å². The van der Waals surface area contributed by atoms with Crippen LogP contribution in [0.2, 0.25) is 0 Å². The Bertz CT molecular complexity index is 2150. The molecule has 7 rings (SSSR count). The van der Waals surface area contributed by atoms with E-state index in [9.17, 15) is 4.79 Å². The van der Waals surface area contributed by atoms with Crippen LogP contribution in [0.4, 0.5) is 5.69 Å². The third-order valence-corrected chi connectivity index (χ3v) is 10.5. The molecule has 252 valence electrons. The van der Waals surface area contributed by atoms with Gasteiger partial charge in [0.15, 0.2) is 0 Å². The Morgan fingerprint density at radius 3 is 2.45 bits per heavy atom. The Morgan fingerprint density at radius 1 is 0.878 bits per heavy atom. The number of hydrogen-bond acceptors (Lipinski definition) is 4. The highest BCUT2D eigenvalue weighted by atomic mass is 16.1. The fourth-order valence-electron chi connectivity index (χ4n) is 7.81. The lowest BCUT2D eigenvalue weighted by Crippen LogP contribution is -2.20. The van der Waals surface area contributed by atoms with Crippen LogP contribution in [0.1, 0.15) is 81.2 Å². The molecule has 0 saturated carbocycles. The predicted octanol–water partition coefficient (Wildman–Crippen LogP) is 9.75. The highest BCUT2D eigenvalue weighted by Crippen LogP contribution is 2.33. The molecule has 4 aromatic carbocycles. The van der Waals surface area contributed by atoms with Crippen LogP contribution in [0.25, 0.3) is 32.8 Å². The summed E-state index contributed by atoms with van der Waals surface area (Å²) in [4.78, 5) is 29.3. The lowest BCUT2D eigenvalue weighted by Gasteiger charge is -2.20. The van der Waals surface area contributed by atoms with Gasteiger partial charge in [-0.2, -0.15) is 0 Å². The molecule has 1 aliphatic rings. The van der Waals surface area contributed by atoms with Crippen LogP contribution in [-0.2, 0) is 13.0 Å². The summed E-state index contributed by atoms with van der Waals surface area (Å²) in [5, 5.41) is 2.56. The van der Waals surface area contributed by atoms with Crippen molar-refractivity contribution in [2.24, 2.45) is 10.9 Å². The van der Waals surface area contributed by atoms with Gasteiger partial charge in [0.05, 0.1) is 22.4 Å². The molecule has 6 aromatic rings. The second-order valence-corrected chi connectivity index (χ2v) is 13.8. The minimum Gasteiger partial charge on any atom is -0.341 e. The molecule has 1 aliphatic heterocycles. The Balaban J connectivity index is 1.26. The molecule has 0 spiro atoms. The predicted molar refractivity (Wildman–Crippen MR) is 206 cm³/mol. The molecular formula is C43H49N5O. The number of aromatic nitrogens is 3. The van der Waals surface area contributed by atoms with Crippen LogP contribution in [-0.4, -0.2) is 44.8 Å². The van der Waals surface area contributed by atoms with Gasteiger partial charge in [0.25, 0.3) is 5.56 Å². The maximum Gasteiger partial charge on any atom is 0.270 e. The SMILES string of the molecule is CCC(CCCCCN1CCCC1)C(=Nc1cc2[nH]c(=O)c(Cc3ccccc3)nc2cc1C)c1ccc2c(c1)c1ccccc1n2CC. The molecule has 49 heavy (non-hydrogen) atoms. The number of unbranched alkanes of at least 4 members (excludes halogenated alkanes) is 2. The Kier molecular flexibility index (Phi) is 10.0. The van der Waals surface area contributed by atoms with Gasteiger partial charge in [0.2, 0.25) is 0 Å². The van der Waals surface area contributed by atoms with Gasteiger partial charge >= 0.3 is 0 Å². The summed E-state index contributed by atoms with van der Waals surface area (Å²) in [7, 11) is 0. The number of fused-ring (bicyclic) bond motifs is 4. The molecule has 0 bridgehead atoms. The van der Waals surface area contributed by atoms with Gasteiger partial charge in [-0.3, -0.25) is 9.79 Å². The standard InChI is InChI=1S/C43H49N5O/c1-4-32(18-10-7-13-23-47-24-14-15-25-47)42(33-21-22-41-35(28-33)34-19-11-12-20-40(34)48(41)5-2)45-36-29-38-37(26-30(36)3)44-39(43(49)46-38)27-31-16-8-6-9-17-31/h6,8-9,11-12,16-17,19-22,26,28-29,32H,4-5,7,10,13-15,18,23-25,27H2,1-3H3,(H,46,49). The maximum absolute atomic E-state index is 13.2. The van der Waals surface area contributed by atoms with Crippen LogP contribution in [0.3, 0.4) is 0 Å². The normalized spacial score (nSPS) is 14.8. The number of rotatable bonds is 13. The molecule has 6 heteroatoms. The number of aryl methyl sites for hydroxylation is 2. The smallest absolute Gasteiger partial charge is 0.270 e. The van der Waals surface area contributed by atoms with Gasteiger partial charge in [-0.15, -0.1) is 0 Å². The minimum absolute atomic E-state index is 0.145. The van der Waals surface area contributed by atoms with E-state index >= 15 is 0 Å². The number of benzene rings is 4. The summed E-state index contributed by atoms with van der Waals surface area (Å²) in [5.41, 5.74) is 9.77. The monoisotopic (exact) mass is 651 g/mol. The zero-order chi connectivity index (χ0) is 33.7. The van der Waals surface area contributed by atoms with Crippen molar-refractivity contribution in [2.45, 2.75) is 78.7 Å². The minimum atomic E-state index is -0.145. The zero-order valence-electron chi connectivity index (χ0n) is 29.3. The van der Waals surface area contributed by atoms with Gasteiger partial charge < -0.3 is 14.5 Å². The fourth-order valence-corrected chi connectivity index (χ4v) is 7.81. The summed E-state index contributed by atoms with van der Waals surface area (Å²) >= 11 is 0. The Labute approximate surface area is 289 Å². The third-order valence-electron chi connectivity index (χ3n) is 10.5. The fraction of sp³-hybridized carbons (Fsp3) is 0.372. The summed E-state index contributed by atoms with van der Waals surface area (Å²) in [6.07, 6.45) is 9.05. The molecular weight excluding hydrogens is 603 g/mol. The second kappa shape index (κ2) is 14.9. The summed E-state index contributed by atoms with van der Waals surface area (Å²) in [6, 6.07) is 29.8. The van der Waals surface area contributed by atoms with Crippen molar-refractivity contribution < 1.29 is 0 Å². The van der Waals surface area contributed by atoms with Crippen LogP contribution in [0.15, 0.2) is 94.7 Å². The molecule has 2 aromatic heterocycles. The number of aromatic amines is 1. The molecule has 1 unspecified atom stereocenters. The van der Waals surface area contributed by atoms with Crippen molar-refractivity contribution in [3.63, 3.8) is 0 Å². The number of nitrogens with one attached hydrogen (secondary N) is 1. The molecule has 1 atom stereocenters. The van der Waals surface area contributed by atoms with E-state index in [1.807, 2.05) is 36.4 Å². The summed E-state index contributed by atoms with van der Waals surface area (Å²) in [6.45, 7) is 11.3. The van der Waals surface area contributed by atoms with Gasteiger partial charge in [-0.1, -0.05) is 74.4 Å². The first-order valence-corrected chi connectivity index (χ1v) is 18.4. The third kappa shape index (κ3) is 7.11. The van der Waals surface area contributed by atoms with E-state index < -0.39 is 0 Å². The number of para-hydroxylation sites is 1. The van der Waals surface area contributed by atoms with Crippen LogP contribution in [0, 0.1) is 12.8 Å². The summed E-state index contributed by atoms with van der Waals surface area (Å²) in [5.74, 6) is 0.323. The van der Waals surface area contributed by atoms with Gasteiger partial charge in [-0.25, -0.2) is 4.98 Å². The molecule has 6 nitrogen and oxygen atoms in total. The molecule has 1 saturated heterocycles. The van der Waals surface area contributed by atoms with Crippen molar-refractivity contribution in [1.82, 2.24) is 19.4 Å². The van der Waals surface area contributed by atoms with Crippen molar-refractivity contribution >= 4 is 44.2 Å². The van der Waals surface area contributed by atoms with Gasteiger partial charge in [0, 0.05) is 40.7 Å². The Hall–Kier alpha value is -4.55.